The monoisotopic (exact) mass is 316 g/mol. The summed E-state index contributed by atoms with van der Waals surface area (Å²) in [5, 5.41) is 3.09. The zero-order valence-electron chi connectivity index (χ0n) is 14.3. The summed E-state index contributed by atoms with van der Waals surface area (Å²) in [6.07, 6.45) is 3.66. The first-order valence-corrected chi connectivity index (χ1v) is 8.65. The lowest BCUT2D eigenvalue weighted by molar-refractivity contribution is -0.132. The Hall–Kier alpha value is -1.84. The van der Waals surface area contributed by atoms with Crippen LogP contribution in [0.5, 0.6) is 0 Å². The second kappa shape index (κ2) is 8.70. The van der Waals surface area contributed by atoms with Crippen LogP contribution in [0.15, 0.2) is 30.3 Å². The number of rotatable bonds is 6. The van der Waals surface area contributed by atoms with Crippen molar-refractivity contribution in [3.05, 3.63) is 35.9 Å². The molecule has 0 unspecified atom stereocenters. The third-order valence-electron chi connectivity index (χ3n) is 4.28. The van der Waals surface area contributed by atoms with Gasteiger partial charge in [-0.1, -0.05) is 44.2 Å². The van der Waals surface area contributed by atoms with Crippen molar-refractivity contribution < 1.29 is 9.59 Å². The highest BCUT2D eigenvalue weighted by Gasteiger charge is 2.23. The van der Waals surface area contributed by atoms with E-state index in [4.69, 9.17) is 0 Å². The number of hydrogen-bond acceptors (Lipinski definition) is 2. The van der Waals surface area contributed by atoms with Crippen LogP contribution in [0.3, 0.4) is 0 Å². The second-order valence-electron chi connectivity index (χ2n) is 6.81. The zero-order valence-corrected chi connectivity index (χ0v) is 14.3. The molecule has 1 aromatic rings. The van der Waals surface area contributed by atoms with Crippen molar-refractivity contribution in [1.29, 1.82) is 0 Å². The lowest BCUT2D eigenvalue weighted by Crippen LogP contribution is -2.46. The van der Waals surface area contributed by atoms with E-state index in [1.807, 2.05) is 36.9 Å². The van der Waals surface area contributed by atoms with Crippen LogP contribution >= 0.6 is 0 Å². The third-order valence-corrected chi connectivity index (χ3v) is 4.28. The van der Waals surface area contributed by atoms with Crippen LogP contribution < -0.4 is 5.32 Å². The van der Waals surface area contributed by atoms with E-state index < -0.39 is 0 Å². The minimum absolute atomic E-state index is 0.133. The number of carbonyl (C=O) groups excluding carboxylic acids is 2. The highest BCUT2D eigenvalue weighted by molar-refractivity contribution is 5.77. The number of likely N-dealkylation sites (tertiary alicyclic amines) is 1. The van der Waals surface area contributed by atoms with Crippen LogP contribution in [0, 0.1) is 5.92 Å². The van der Waals surface area contributed by atoms with Gasteiger partial charge in [-0.15, -0.1) is 0 Å². The molecule has 2 amide bonds. The summed E-state index contributed by atoms with van der Waals surface area (Å²) in [6, 6.07) is 10.3. The molecule has 1 fully saturated rings. The molecule has 0 radical (unpaired) electrons. The van der Waals surface area contributed by atoms with E-state index in [-0.39, 0.29) is 17.9 Å². The molecule has 0 aliphatic carbocycles. The Morgan fingerprint density at radius 3 is 2.43 bits per heavy atom. The van der Waals surface area contributed by atoms with E-state index in [0.717, 1.165) is 32.4 Å². The van der Waals surface area contributed by atoms with Gasteiger partial charge >= 0.3 is 0 Å². The van der Waals surface area contributed by atoms with Gasteiger partial charge in [-0.2, -0.15) is 0 Å². The number of piperidine rings is 1. The fourth-order valence-electron chi connectivity index (χ4n) is 2.98. The van der Waals surface area contributed by atoms with Gasteiger partial charge in [0.2, 0.25) is 11.8 Å². The number of nitrogens with zero attached hydrogens (tertiary/aromatic N) is 1. The number of amides is 2. The molecule has 0 bridgehead atoms. The first-order chi connectivity index (χ1) is 11.0. The van der Waals surface area contributed by atoms with Crippen LogP contribution in [-0.4, -0.2) is 35.8 Å². The minimum Gasteiger partial charge on any atom is -0.353 e. The quantitative estimate of drug-likeness (QED) is 0.877. The summed E-state index contributed by atoms with van der Waals surface area (Å²) in [5.41, 5.74) is 1.21. The van der Waals surface area contributed by atoms with Crippen molar-refractivity contribution in [1.82, 2.24) is 10.2 Å². The van der Waals surface area contributed by atoms with Gasteiger partial charge in [0, 0.05) is 32.0 Å². The summed E-state index contributed by atoms with van der Waals surface area (Å²) in [5.74, 6) is 0.740. The maximum Gasteiger partial charge on any atom is 0.222 e. The largest absolute Gasteiger partial charge is 0.353 e. The maximum atomic E-state index is 12.3. The molecule has 23 heavy (non-hydrogen) atoms. The van der Waals surface area contributed by atoms with Crippen LogP contribution in [0.2, 0.25) is 0 Å². The van der Waals surface area contributed by atoms with Gasteiger partial charge < -0.3 is 10.2 Å². The number of benzene rings is 1. The Kier molecular flexibility index (Phi) is 6.63. The summed E-state index contributed by atoms with van der Waals surface area (Å²) in [7, 11) is 0. The van der Waals surface area contributed by atoms with Crippen LogP contribution in [0.1, 0.15) is 45.1 Å². The number of nitrogens with one attached hydrogen (secondary N) is 1. The van der Waals surface area contributed by atoms with E-state index in [9.17, 15) is 9.59 Å². The smallest absolute Gasteiger partial charge is 0.222 e. The van der Waals surface area contributed by atoms with E-state index in [2.05, 4.69) is 17.4 Å². The Morgan fingerprint density at radius 2 is 1.83 bits per heavy atom. The molecular weight excluding hydrogens is 288 g/mol. The molecule has 0 atom stereocenters. The number of aryl methyl sites for hydroxylation is 1. The van der Waals surface area contributed by atoms with Gasteiger partial charge in [-0.05, 0) is 30.7 Å². The molecule has 2 rings (SSSR count). The van der Waals surface area contributed by atoms with Gasteiger partial charge in [0.1, 0.15) is 0 Å². The van der Waals surface area contributed by atoms with Crippen molar-refractivity contribution in [3.8, 4) is 0 Å². The Morgan fingerprint density at radius 1 is 1.17 bits per heavy atom. The zero-order chi connectivity index (χ0) is 16.7. The standard InChI is InChI=1S/C19H28N2O2/c1-15(2)14-18(22)20-17-10-12-21(13-11-17)19(23)9-8-16-6-4-3-5-7-16/h3-7,15,17H,8-14H2,1-2H3,(H,20,22). The van der Waals surface area contributed by atoms with Crippen LogP contribution in [0.25, 0.3) is 0 Å². The van der Waals surface area contributed by atoms with E-state index in [1.54, 1.807) is 0 Å². The molecule has 126 valence electrons. The molecule has 4 heteroatoms. The minimum atomic E-state index is 0.133. The second-order valence-corrected chi connectivity index (χ2v) is 6.81. The van der Waals surface area contributed by atoms with Crippen molar-refractivity contribution >= 4 is 11.8 Å². The number of hydrogen-bond donors (Lipinski definition) is 1. The van der Waals surface area contributed by atoms with Gasteiger partial charge in [0.05, 0.1) is 0 Å². The van der Waals surface area contributed by atoms with Crippen LogP contribution in [-0.2, 0) is 16.0 Å². The van der Waals surface area contributed by atoms with Gasteiger partial charge in [-0.3, -0.25) is 9.59 Å². The predicted molar refractivity (Wildman–Crippen MR) is 92.0 cm³/mol. The SMILES string of the molecule is CC(C)CC(=O)NC1CCN(C(=O)CCc2ccccc2)CC1. The maximum absolute atomic E-state index is 12.3. The average Bonchev–Trinajstić information content (AvgIpc) is 2.53. The van der Waals surface area contributed by atoms with Crippen molar-refractivity contribution in [2.45, 2.75) is 52.0 Å². The Balaban J connectivity index is 1.69. The average molecular weight is 316 g/mol. The molecule has 0 saturated carbocycles. The summed E-state index contributed by atoms with van der Waals surface area (Å²) < 4.78 is 0. The fourth-order valence-corrected chi connectivity index (χ4v) is 2.98. The molecule has 0 spiro atoms. The predicted octanol–water partition coefficient (Wildman–Crippen LogP) is 2.77. The molecule has 1 aromatic carbocycles. The molecule has 1 aliphatic rings. The third kappa shape index (κ3) is 6.05. The summed E-state index contributed by atoms with van der Waals surface area (Å²) >= 11 is 0. The first-order valence-electron chi connectivity index (χ1n) is 8.65. The van der Waals surface area contributed by atoms with E-state index in [0.29, 0.717) is 18.8 Å². The molecular formula is C19H28N2O2. The summed E-state index contributed by atoms with van der Waals surface area (Å²) in [4.78, 5) is 26.0. The molecule has 0 aromatic heterocycles. The Bertz CT molecular complexity index is 505. The molecule has 1 aliphatic heterocycles. The van der Waals surface area contributed by atoms with E-state index >= 15 is 0 Å². The molecule has 4 nitrogen and oxygen atoms in total. The van der Waals surface area contributed by atoms with Gasteiger partial charge in [0.15, 0.2) is 0 Å². The Labute approximate surface area is 139 Å². The first kappa shape index (κ1) is 17.5. The van der Waals surface area contributed by atoms with Crippen molar-refractivity contribution in [2.75, 3.05) is 13.1 Å². The molecule has 1 saturated heterocycles. The van der Waals surface area contributed by atoms with Crippen molar-refractivity contribution in [3.63, 3.8) is 0 Å². The van der Waals surface area contributed by atoms with Gasteiger partial charge in [0.25, 0.3) is 0 Å². The van der Waals surface area contributed by atoms with Crippen molar-refractivity contribution in [2.24, 2.45) is 5.92 Å². The van der Waals surface area contributed by atoms with E-state index in [1.165, 1.54) is 5.56 Å². The molecule has 1 heterocycles. The summed E-state index contributed by atoms with van der Waals surface area (Å²) in [6.45, 7) is 5.60. The normalized spacial score (nSPS) is 15.7. The topological polar surface area (TPSA) is 49.4 Å². The fraction of sp³-hybridized carbons (Fsp3) is 0.579. The lowest BCUT2D eigenvalue weighted by atomic mass is 10.0. The highest BCUT2D eigenvalue weighted by Crippen LogP contribution is 2.13. The number of carbonyl (C=O) groups is 2. The molecule has 1 N–H and O–H groups in total. The highest BCUT2D eigenvalue weighted by atomic mass is 16.2. The van der Waals surface area contributed by atoms with Gasteiger partial charge in [-0.25, -0.2) is 0 Å². The lowest BCUT2D eigenvalue weighted by Gasteiger charge is -2.32. The van der Waals surface area contributed by atoms with Crippen LogP contribution in [0.4, 0.5) is 0 Å².